The molecule has 2 N–H and O–H groups in total. The third-order valence-electron chi connectivity index (χ3n) is 5.54. The molecule has 0 atom stereocenters. The van der Waals surface area contributed by atoms with Gasteiger partial charge in [0, 0.05) is 51.2 Å². The molecule has 15 heteroatoms. The van der Waals surface area contributed by atoms with E-state index >= 15 is 0 Å². The molecule has 0 spiro atoms. The molecule has 36 heavy (non-hydrogen) atoms. The summed E-state index contributed by atoms with van der Waals surface area (Å²) in [4.78, 5) is 16.3. The Bertz CT molecular complexity index is 1320. The van der Waals surface area contributed by atoms with Gasteiger partial charge in [0.1, 0.15) is 5.56 Å². The Morgan fingerprint density at radius 1 is 1.17 bits per heavy atom. The first kappa shape index (κ1) is 26.4. The summed E-state index contributed by atoms with van der Waals surface area (Å²) in [5.74, 6) is 0.0153. The highest BCUT2D eigenvalue weighted by atomic mass is 32.2. The summed E-state index contributed by atoms with van der Waals surface area (Å²) in [5, 5.41) is 13.5. The molecule has 0 saturated carbocycles. The lowest BCUT2D eigenvalue weighted by Crippen LogP contribution is -2.42. The molecule has 3 aromatic rings. The molecule has 3 aromatic heterocycles. The Hall–Kier alpha value is -2.62. The van der Waals surface area contributed by atoms with Gasteiger partial charge in [-0.25, -0.2) is 28.4 Å². The Morgan fingerprint density at radius 3 is 2.44 bits per heavy atom. The van der Waals surface area contributed by atoms with Crippen molar-refractivity contribution in [2.45, 2.75) is 56.0 Å². The number of hydrogen-bond donors (Lipinski definition) is 2. The average molecular weight is 546 g/mol. The van der Waals surface area contributed by atoms with Crippen LogP contribution in [0.15, 0.2) is 29.9 Å². The summed E-state index contributed by atoms with van der Waals surface area (Å²) >= 11 is 1.03. The smallest absolute Gasteiger partial charge is 0.390 e. The lowest BCUT2D eigenvalue weighted by atomic mass is 10.1. The molecule has 0 bridgehead atoms. The predicted octanol–water partition coefficient (Wildman–Crippen LogP) is 2.93. The third-order valence-corrected chi connectivity index (χ3v) is 8.33. The number of imidazole rings is 1. The first-order valence-corrected chi connectivity index (χ1v) is 13.3. The lowest BCUT2D eigenvalue weighted by Gasteiger charge is -2.31. The summed E-state index contributed by atoms with van der Waals surface area (Å²) in [6.45, 7) is 3.63. The third kappa shape index (κ3) is 6.02. The van der Waals surface area contributed by atoms with Crippen molar-refractivity contribution in [2.75, 3.05) is 18.4 Å². The second-order valence-corrected chi connectivity index (χ2v) is 12.3. The van der Waals surface area contributed by atoms with E-state index in [1.807, 2.05) is 0 Å². The zero-order valence-electron chi connectivity index (χ0n) is 19.8. The fourth-order valence-corrected chi connectivity index (χ4v) is 6.37. The monoisotopic (exact) mass is 545 g/mol. The van der Waals surface area contributed by atoms with Gasteiger partial charge in [-0.3, -0.25) is 0 Å². The topological polar surface area (TPSA) is 126 Å². The molecule has 1 aliphatic heterocycles. The van der Waals surface area contributed by atoms with Gasteiger partial charge < -0.3 is 15.0 Å². The molecule has 0 aliphatic carbocycles. The maximum atomic E-state index is 13.7. The van der Waals surface area contributed by atoms with Crippen LogP contribution in [0.4, 0.5) is 19.1 Å². The highest BCUT2D eigenvalue weighted by Crippen LogP contribution is 2.38. The van der Waals surface area contributed by atoms with Crippen molar-refractivity contribution in [3.8, 4) is 10.6 Å². The summed E-state index contributed by atoms with van der Waals surface area (Å²) in [6, 6.07) is -0.225. The number of thiazole rings is 1. The standard InChI is InChI=1S/C21H26F3N7O3S2/c1-20(2,32)8-16-25-10-15(35-16)18-14(21(22,23)24)9-26-19(29-18)28-13-4-6-31(7-5-13)36(33,34)17-11-30(3)12-27-17/h9-13,32H,4-8H2,1-3H3,(H,26,28,29). The fraction of sp³-hybridized carbons (Fsp3) is 0.524. The number of alkyl halides is 3. The van der Waals surface area contributed by atoms with Crippen LogP contribution >= 0.6 is 11.3 Å². The molecule has 1 saturated heterocycles. The van der Waals surface area contributed by atoms with Crippen LogP contribution in [0, 0.1) is 0 Å². The number of halogens is 3. The molecule has 1 aliphatic rings. The van der Waals surface area contributed by atoms with Crippen LogP contribution in [0.1, 0.15) is 37.3 Å². The zero-order valence-corrected chi connectivity index (χ0v) is 21.5. The van der Waals surface area contributed by atoms with E-state index < -0.39 is 27.4 Å². The van der Waals surface area contributed by atoms with E-state index in [4.69, 9.17) is 0 Å². The lowest BCUT2D eigenvalue weighted by molar-refractivity contribution is -0.137. The van der Waals surface area contributed by atoms with Crippen molar-refractivity contribution in [1.29, 1.82) is 0 Å². The largest absolute Gasteiger partial charge is 0.420 e. The molecule has 0 unspecified atom stereocenters. The van der Waals surface area contributed by atoms with Gasteiger partial charge in [-0.15, -0.1) is 11.3 Å². The van der Waals surface area contributed by atoms with Gasteiger partial charge in [0.05, 0.1) is 27.5 Å². The average Bonchev–Trinajstić information content (AvgIpc) is 3.41. The van der Waals surface area contributed by atoms with Gasteiger partial charge in [0.25, 0.3) is 10.0 Å². The Labute approximate surface area is 210 Å². The molecule has 4 heterocycles. The number of nitrogens with zero attached hydrogens (tertiary/aromatic N) is 6. The van der Waals surface area contributed by atoms with Gasteiger partial charge in [-0.05, 0) is 26.7 Å². The van der Waals surface area contributed by atoms with Crippen LogP contribution in [0.3, 0.4) is 0 Å². The van der Waals surface area contributed by atoms with Crippen LogP contribution in [-0.4, -0.2) is 67.1 Å². The minimum atomic E-state index is -4.67. The number of rotatable bonds is 7. The van der Waals surface area contributed by atoms with Crippen molar-refractivity contribution in [3.63, 3.8) is 0 Å². The number of sulfonamides is 1. The number of nitrogens with one attached hydrogen (secondary N) is 1. The van der Waals surface area contributed by atoms with E-state index in [1.54, 1.807) is 25.5 Å². The van der Waals surface area contributed by atoms with Crippen LogP contribution in [0.5, 0.6) is 0 Å². The molecular formula is C21H26F3N7O3S2. The molecule has 0 amide bonds. The minimum absolute atomic E-state index is 0.0153. The van der Waals surface area contributed by atoms with E-state index in [9.17, 15) is 26.7 Å². The number of anilines is 1. The molecule has 196 valence electrons. The van der Waals surface area contributed by atoms with Crippen LogP contribution in [0.2, 0.25) is 0 Å². The molecule has 1 fully saturated rings. The number of piperidine rings is 1. The summed E-state index contributed by atoms with van der Waals surface area (Å²) in [5.41, 5.74) is -2.34. The summed E-state index contributed by atoms with van der Waals surface area (Å²) in [7, 11) is -2.04. The zero-order chi connectivity index (χ0) is 26.3. The number of aromatic nitrogens is 5. The molecule has 0 radical (unpaired) electrons. The van der Waals surface area contributed by atoms with Crippen molar-refractivity contribution in [2.24, 2.45) is 7.05 Å². The SMILES string of the molecule is Cn1cnc(S(=O)(=O)N2CCC(Nc3ncc(C(F)(F)F)c(-c4cnc(CC(C)(C)O)s4)n3)CC2)c1. The van der Waals surface area contributed by atoms with Gasteiger partial charge in [-0.1, -0.05) is 0 Å². The van der Waals surface area contributed by atoms with Crippen LogP contribution in [-0.2, 0) is 29.7 Å². The number of aryl methyl sites for hydroxylation is 1. The van der Waals surface area contributed by atoms with Crippen LogP contribution in [0.25, 0.3) is 10.6 Å². The van der Waals surface area contributed by atoms with Gasteiger partial charge in [0.2, 0.25) is 5.95 Å². The van der Waals surface area contributed by atoms with Crippen molar-refractivity contribution in [3.05, 3.63) is 35.5 Å². The molecule has 4 rings (SSSR count). The maximum Gasteiger partial charge on any atom is 0.420 e. The Kier molecular flexibility index (Phi) is 7.11. The first-order valence-electron chi connectivity index (χ1n) is 11.1. The normalized spacial score (nSPS) is 16.4. The highest BCUT2D eigenvalue weighted by molar-refractivity contribution is 7.89. The molecule has 10 nitrogen and oxygen atoms in total. The van der Waals surface area contributed by atoms with Crippen molar-refractivity contribution >= 4 is 27.3 Å². The molecular weight excluding hydrogens is 519 g/mol. The Balaban J connectivity index is 1.50. The summed E-state index contributed by atoms with van der Waals surface area (Å²) < 4.78 is 69.4. The van der Waals surface area contributed by atoms with E-state index in [-0.39, 0.29) is 47.1 Å². The van der Waals surface area contributed by atoms with E-state index in [0.717, 1.165) is 17.5 Å². The van der Waals surface area contributed by atoms with Gasteiger partial charge >= 0.3 is 6.18 Å². The quantitative estimate of drug-likeness (QED) is 0.464. The van der Waals surface area contributed by atoms with E-state index in [2.05, 4.69) is 25.3 Å². The van der Waals surface area contributed by atoms with Crippen molar-refractivity contribution < 1.29 is 26.7 Å². The van der Waals surface area contributed by atoms with Gasteiger partial charge in [0.15, 0.2) is 5.03 Å². The van der Waals surface area contributed by atoms with E-state index in [0.29, 0.717) is 17.8 Å². The minimum Gasteiger partial charge on any atom is -0.390 e. The van der Waals surface area contributed by atoms with E-state index in [1.165, 1.54) is 23.0 Å². The summed E-state index contributed by atoms with van der Waals surface area (Å²) in [6.07, 6.45) is 1.26. The molecule has 0 aromatic carbocycles. The highest BCUT2D eigenvalue weighted by Gasteiger charge is 2.37. The van der Waals surface area contributed by atoms with Crippen molar-refractivity contribution in [1.82, 2.24) is 28.8 Å². The van der Waals surface area contributed by atoms with Crippen LogP contribution < -0.4 is 5.32 Å². The number of aliphatic hydroxyl groups is 1. The fourth-order valence-electron chi connectivity index (χ4n) is 3.80. The number of hydrogen-bond acceptors (Lipinski definition) is 9. The first-order chi connectivity index (χ1) is 16.7. The Morgan fingerprint density at radius 2 is 1.86 bits per heavy atom. The second-order valence-electron chi connectivity index (χ2n) is 9.26. The second kappa shape index (κ2) is 9.68. The van der Waals surface area contributed by atoms with Gasteiger partial charge in [-0.2, -0.15) is 17.5 Å². The maximum absolute atomic E-state index is 13.7. The predicted molar refractivity (Wildman–Crippen MR) is 127 cm³/mol.